The maximum absolute atomic E-state index is 13.1. The summed E-state index contributed by atoms with van der Waals surface area (Å²) in [6.45, 7) is 0.410. The Morgan fingerprint density at radius 3 is 2.51 bits per heavy atom. The van der Waals surface area contributed by atoms with Gasteiger partial charge in [-0.3, -0.25) is 28.2 Å². The van der Waals surface area contributed by atoms with E-state index in [0.717, 1.165) is 17.5 Å². The summed E-state index contributed by atoms with van der Waals surface area (Å²) < 4.78 is 46.1. The molecule has 10 N–H and O–H groups in total. The van der Waals surface area contributed by atoms with Gasteiger partial charge in [0.05, 0.1) is 6.61 Å². The Balaban J connectivity index is 1.08. The van der Waals surface area contributed by atoms with Gasteiger partial charge >= 0.3 is 27.0 Å². The number of carbonyl (C=O) groups is 1. The Morgan fingerprint density at radius 1 is 1.08 bits per heavy atom. The fourth-order valence-electron chi connectivity index (χ4n) is 5.25. The number of ether oxygens (including phenoxy) is 1. The number of Topliss-reactive ketones (excluding diaryl/α,β-unsaturated/α-hetero) is 1. The highest BCUT2D eigenvalue weighted by Gasteiger charge is 2.42. The van der Waals surface area contributed by atoms with Gasteiger partial charge in [0.25, 0.3) is 5.56 Å². The number of hydrogen-bond donors (Lipinski definition) is 9. The highest BCUT2D eigenvalue weighted by atomic mass is 31.3. The molecule has 0 amide bonds. The number of nitrogens with two attached hydrogens (primary N) is 1. The fraction of sp³-hybridized carbons (Fsp3) is 0.333. The van der Waals surface area contributed by atoms with Crippen molar-refractivity contribution in [3.05, 3.63) is 68.3 Å². The normalized spacial score (nSPS) is 19.7. The minimum absolute atomic E-state index is 0.0126. The van der Waals surface area contributed by atoms with Crippen LogP contribution in [-0.2, 0) is 38.6 Å². The van der Waals surface area contributed by atoms with Gasteiger partial charge in [0, 0.05) is 0 Å². The lowest BCUT2D eigenvalue weighted by atomic mass is 10.1. The number of aryl methyl sites for hydroxylation is 2. The molecule has 6 rings (SSSR count). The van der Waals surface area contributed by atoms with E-state index in [4.69, 9.17) is 10.5 Å². The number of hydrogen-bond acceptors (Lipinski definition) is 18. The van der Waals surface area contributed by atoms with E-state index in [-0.39, 0.29) is 39.2 Å². The molecule has 24 nitrogen and oxygen atoms in total. The molecule has 53 heavy (non-hydrogen) atoms. The number of benzene rings is 1. The van der Waals surface area contributed by atoms with Gasteiger partial charge in [0.1, 0.15) is 42.5 Å². The Labute approximate surface area is 294 Å². The standard InChI is InChI=1S/C27H29N9O15P2/c1-10-3-12-13(4-11(10)2)35(24-18(32-12)25(42)34-27(43)33-24)5-14(37)19(39)15(38)6-48-52(44,45)51-53(46,47)49-7-16-20(40)21(41)26(50-16)36-9-31-17-22(28)29-8-30-23(17)36/h3-4,8-9,15,19,21,26,38-39,41H,5-7H2,1-2H3,(H6,28,29,30,34,40,42,43,44,45,46,47)/p+1/t15-,19+,21-,26-/m1/s1. The first-order valence-corrected chi connectivity index (χ1v) is 18.1. The number of H-pyrrole nitrogens is 2. The molecule has 0 saturated carbocycles. The van der Waals surface area contributed by atoms with Crippen LogP contribution in [0.25, 0.3) is 33.4 Å². The minimum Gasteiger partial charge on any atom is -0.506 e. The number of nitrogens with zero attached hydrogens (tertiary/aromatic N) is 6. The minimum atomic E-state index is -5.58. The Bertz CT molecular complexity index is 2540. The number of rotatable bonds is 13. The number of aliphatic hydroxyl groups is 4. The summed E-state index contributed by atoms with van der Waals surface area (Å²) in [5.74, 6) is -2.52. The third-order valence-electron chi connectivity index (χ3n) is 8.02. The number of anilines is 1. The average Bonchev–Trinajstić information content (AvgIpc) is 3.63. The highest BCUT2D eigenvalue weighted by molar-refractivity contribution is 7.61. The molecule has 0 fully saturated rings. The maximum atomic E-state index is 13.1. The summed E-state index contributed by atoms with van der Waals surface area (Å²) in [7, 11) is -11.1. The van der Waals surface area contributed by atoms with Crippen LogP contribution in [0, 0.1) is 13.8 Å². The average molecular weight is 783 g/mol. The van der Waals surface area contributed by atoms with E-state index in [1.807, 2.05) is 4.98 Å². The van der Waals surface area contributed by atoms with E-state index in [0.29, 0.717) is 0 Å². The zero-order valence-corrected chi connectivity index (χ0v) is 29.0. The number of aliphatic hydroxyl groups excluding tert-OH is 4. The predicted molar refractivity (Wildman–Crippen MR) is 175 cm³/mol. The summed E-state index contributed by atoms with van der Waals surface area (Å²) in [4.78, 5) is 78.3. The molecule has 1 aliphatic heterocycles. The van der Waals surface area contributed by atoms with Crippen LogP contribution in [0.15, 0.2) is 45.9 Å². The molecule has 0 saturated heterocycles. The lowest BCUT2D eigenvalue weighted by molar-refractivity contribution is -0.634. The number of phosphoric ester groups is 2. The quantitative estimate of drug-likeness (QED) is 0.0365. The van der Waals surface area contributed by atoms with E-state index in [1.54, 1.807) is 26.0 Å². The van der Waals surface area contributed by atoms with Crippen LogP contribution in [-0.4, -0.2) is 102 Å². The number of phosphoric acid groups is 2. The number of aromatic amines is 2. The molecule has 5 heterocycles. The molecular weight excluding hydrogens is 752 g/mol. The van der Waals surface area contributed by atoms with Crippen molar-refractivity contribution in [2.75, 3.05) is 18.9 Å². The summed E-state index contributed by atoms with van der Waals surface area (Å²) in [6.07, 6.45) is -5.39. The second-order valence-electron chi connectivity index (χ2n) is 11.6. The molecule has 26 heteroatoms. The molecule has 0 radical (unpaired) electrons. The fourth-order valence-corrected chi connectivity index (χ4v) is 7.29. The number of nitrogens with one attached hydrogen (secondary N) is 2. The van der Waals surface area contributed by atoms with Crippen LogP contribution in [0.2, 0.25) is 0 Å². The van der Waals surface area contributed by atoms with Crippen LogP contribution in [0.1, 0.15) is 17.4 Å². The number of aromatic nitrogens is 8. The summed E-state index contributed by atoms with van der Waals surface area (Å²) in [5.41, 5.74) is 5.88. The van der Waals surface area contributed by atoms with E-state index in [1.165, 1.54) is 15.5 Å². The Hall–Kier alpha value is -5.00. The zero-order valence-electron chi connectivity index (χ0n) is 27.3. The Morgan fingerprint density at radius 2 is 1.77 bits per heavy atom. The third kappa shape index (κ3) is 7.59. The molecular formula is C27H30N9O15P2+. The first-order valence-electron chi connectivity index (χ1n) is 15.1. The molecule has 6 atom stereocenters. The van der Waals surface area contributed by atoms with Crippen molar-refractivity contribution in [3.8, 4) is 0 Å². The number of imidazole rings is 1. The van der Waals surface area contributed by atoms with Crippen molar-refractivity contribution in [2.45, 2.75) is 44.9 Å². The van der Waals surface area contributed by atoms with Crippen LogP contribution >= 0.6 is 15.6 Å². The van der Waals surface area contributed by atoms with Crippen LogP contribution in [0.5, 0.6) is 0 Å². The van der Waals surface area contributed by atoms with Gasteiger partial charge in [-0.15, -0.1) is 0 Å². The summed E-state index contributed by atoms with van der Waals surface area (Å²) >= 11 is 0. The lowest BCUT2D eigenvalue weighted by Gasteiger charge is -2.20. The van der Waals surface area contributed by atoms with Gasteiger partial charge in [-0.25, -0.2) is 38.4 Å². The topological polar surface area (TPSA) is 362 Å². The predicted octanol–water partition coefficient (Wildman–Crippen LogP) is -1.71. The SMILES string of the molecule is Cc1cc2nc3c(=O)[nH]c(=O)[nH]c3[n+](CC(=O)[C@H](O)[C@H](O)COP(=O)(O)OP(=O)(O)OCC3=C(O)[C@@H](O)[C@H](n4cnc5c(N)ncnc54)O3)c2cc1C. The molecule has 1 aliphatic rings. The number of carbonyl (C=O) groups excluding carboxylic acids is 1. The number of fused-ring (bicyclic) bond motifs is 3. The molecule has 2 unspecified atom stereocenters. The molecule has 0 aliphatic carbocycles. The smallest absolute Gasteiger partial charge is 0.481 e. The zero-order chi connectivity index (χ0) is 38.6. The molecule has 4 aromatic heterocycles. The van der Waals surface area contributed by atoms with Gasteiger partial charge in [-0.1, -0.05) is 0 Å². The molecule has 5 aromatic rings. The second-order valence-corrected chi connectivity index (χ2v) is 14.7. The highest BCUT2D eigenvalue weighted by Crippen LogP contribution is 2.60. The van der Waals surface area contributed by atoms with Gasteiger partial charge in [-0.2, -0.15) is 9.29 Å². The van der Waals surface area contributed by atoms with E-state index in [2.05, 4.69) is 38.3 Å². The first kappa shape index (κ1) is 37.7. The van der Waals surface area contributed by atoms with Gasteiger partial charge in [-0.05, 0) is 37.1 Å². The van der Waals surface area contributed by atoms with Crippen molar-refractivity contribution in [2.24, 2.45) is 0 Å². The van der Waals surface area contributed by atoms with Crippen LogP contribution < -0.4 is 21.5 Å². The number of ketones is 1. The summed E-state index contributed by atoms with van der Waals surface area (Å²) in [6, 6.07) is 3.25. The van der Waals surface area contributed by atoms with Crippen molar-refractivity contribution < 1.29 is 66.8 Å². The van der Waals surface area contributed by atoms with E-state index < -0.39 is 88.5 Å². The van der Waals surface area contributed by atoms with Gasteiger partial charge in [0.15, 0.2) is 41.1 Å². The largest absolute Gasteiger partial charge is 0.506 e. The molecule has 0 bridgehead atoms. The second kappa shape index (κ2) is 14.1. The third-order valence-corrected chi connectivity index (χ3v) is 10.6. The van der Waals surface area contributed by atoms with Crippen LogP contribution in [0.4, 0.5) is 5.82 Å². The summed E-state index contributed by atoms with van der Waals surface area (Å²) in [5, 5.41) is 41.8. The molecule has 1 aromatic carbocycles. The molecule has 0 spiro atoms. The van der Waals surface area contributed by atoms with E-state index in [9.17, 15) is 53.7 Å². The first-order chi connectivity index (χ1) is 24.9. The Kier molecular flexibility index (Phi) is 10.0. The maximum Gasteiger partial charge on any atom is 0.481 e. The van der Waals surface area contributed by atoms with Gasteiger partial charge in [0.2, 0.25) is 17.5 Å². The van der Waals surface area contributed by atoms with Gasteiger partial charge < -0.3 is 40.7 Å². The van der Waals surface area contributed by atoms with Crippen LogP contribution in [0.3, 0.4) is 0 Å². The van der Waals surface area contributed by atoms with Crippen molar-refractivity contribution in [1.29, 1.82) is 0 Å². The monoisotopic (exact) mass is 782 g/mol. The van der Waals surface area contributed by atoms with Crippen molar-refractivity contribution in [1.82, 2.24) is 34.5 Å². The lowest BCUT2D eigenvalue weighted by Crippen LogP contribution is -2.48. The number of nitrogen functional groups attached to an aromatic ring is 1. The molecule has 282 valence electrons. The van der Waals surface area contributed by atoms with Crippen molar-refractivity contribution in [3.63, 3.8) is 0 Å². The van der Waals surface area contributed by atoms with E-state index >= 15 is 0 Å². The van der Waals surface area contributed by atoms with Crippen molar-refractivity contribution >= 4 is 60.6 Å².